The minimum absolute atomic E-state index is 0.0428. The Bertz CT molecular complexity index is 573. The number of hydrogen-bond acceptors (Lipinski definition) is 2. The maximum Gasteiger partial charge on any atom is 0.336 e. The zero-order valence-corrected chi connectivity index (χ0v) is 9.34. The molecule has 2 rings (SSSR count). The van der Waals surface area contributed by atoms with Crippen LogP contribution in [0.1, 0.15) is 15.9 Å². The van der Waals surface area contributed by atoms with Crippen molar-refractivity contribution in [3.63, 3.8) is 0 Å². The maximum absolute atomic E-state index is 11.1. The first-order chi connectivity index (χ1) is 8.08. The lowest BCUT2D eigenvalue weighted by molar-refractivity contribution is 0.0697. The van der Waals surface area contributed by atoms with E-state index in [1.165, 1.54) is 12.1 Å². The van der Waals surface area contributed by atoms with Crippen LogP contribution in [0.15, 0.2) is 42.5 Å². The van der Waals surface area contributed by atoms with E-state index in [1.54, 1.807) is 6.07 Å². The van der Waals surface area contributed by atoms with E-state index in [0.29, 0.717) is 5.56 Å². The molecule has 0 atom stereocenters. The molecule has 0 amide bonds. The standard InChI is InChI=1S/C14H12O3/c1-9-3-2-4-10(7-9)12-6-5-11(15)8-13(12)14(16)17/h2-8,15H,1H3,(H,16,17). The summed E-state index contributed by atoms with van der Waals surface area (Å²) >= 11 is 0. The summed E-state index contributed by atoms with van der Waals surface area (Å²) in [6, 6.07) is 12.0. The van der Waals surface area contributed by atoms with E-state index >= 15 is 0 Å². The second-order valence-electron chi connectivity index (χ2n) is 3.90. The summed E-state index contributed by atoms with van der Waals surface area (Å²) in [4.78, 5) is 11.1. The second-order valence-corrected chi connectivity index (χ2v) is 3.90. The number of hydrogen-bond donors (Lipinski definition) is 2. The highest BCUT2D eigenvalue weighted by molar-refractivity contribution is 5.96. The molecular weight excluding hydrogens is 216 g/mol. The Morgan fingerprint density at radius 1 is 1.12 bits per heavy atom. The number of benzene rings is 2. The SMILES string of the molecule is Cc1cccc(-c2ccc(O)cc2C(=O)O)c1. The number of rotatable bonds is 2. The van der Waals surface area contributed by atoms with Gasteiger partial charge < -0.3 is 10.2 Å². The number of phenols is 1. The van der Waals surface area contributed by atoms with E-state index in [0.717, 1.165) is 11.1 Å². The molecular formula is C14H12O3. The fraction of sp³-hybridized carbons (Fsp3) is 0.0714. The van der Waals surface area contributed by atoms with E-state index in [9.17, 15) is 9.90 Å². The summed E-state index contributed by atoms with van der Waals surface area (Å²) in [6.45, 7) is 1.95. The monoisotopic (exact) mass is 228 g/mol. The van der Waals surface area contributed by atoms with E-state index in [-0.39, 0.29) is 11.3 Å². The number of carbonyl (C=O) groups is 1. The number of aryl methyl sites for hydroxylation is 1. The predicted molar refractivity (Wildman–Crippen MR) is 65.2 cm³/mol. The van der Waals surface area contributed by atoms with Crippen LogP contribution in [0.5, 0.6) is 5.75 Å². The lowest BCUT2D eigenvalue weighted by Gasteiger charge is -2.07. The normalized spacial score (nSPS) is 10.2. The van der Waals surface area contributed by atoms with Crippen LogP contribution >= 0.6 is 0 Å². The molecule has 0 radical (unpaired) electrons. The van der Waals surface area contributed by atoms with Gasteiger partial charge >= 0.3 is 5.97 Å². The van der Waals surface area contributed by atoms with Crippen LogP contribution in [0.4, 0.5) is 0 Å². The minimum atomic E-state index is -1.04. The molecule has 0 saturated heterocycles. The molecule has 3 heteroatoms. The van der Waals surface area contributed by atoms with Crippen LogP contribution < -0.4 is 0 Å². The molecule has 2 aromatic carbocycles. The molecule has 0 bridgehead atoms. The van der Waals surface area contributed by atoms with Crippen LogP contribution in [0.2, 0.25) is 0 Å². The molecule has 0 aliphatic heterocycles. The van der Waals surface area contributed by atoms with Gasteiger partial charge in [-0.1, -0.05) is 29.8 Å². The Kier molecular flexibility index (Phi) is 2.83. The average Bonchev–Trinajstić information content (AvgIpc) is 2.28. The Hall–Kier alpha value is -2.29. The van der Waals surface area contributed by atoms with Gasteiger partial charge in [-0.2, -0.15) is 0 Å². The van der Waals surface area contributed by atoms with Crippen molar-refractivity contribution in [3.8, 4) is 16.9 Å². The Labute approximate surface area is 99.0 Å². The molecule has 2 N–H and O–H groups in total. The summed E-state index contributed by atoms with van der Waals surface area (Å²) < 4.78 is 0. The second kappa shape index (κ2) is 4.29. The number of aromatic hydroxyl groups is 1. The smallest absolute Gasteiger partial charge is 0.336 e. The van der Waals surface area contributed by atoms with Gasteiger partial charge in [0.25, 0.3) is 0 Å². The first-order valence-corrected chi connectivity index (χ1v) is 5.21. The van der Waals surface area contributed by atoms with Crippen molar-refractivity contribution in [2.24, 2.45) is 0 Å². The number of carboxylic acids is 1. The van der Waals surface area contributed by atoms with Crippen molar-refractivity contribution < 1.29 is 15.0 Å². The molecule has 17 heavy (non-hydrogen) atoms. The lowest BCUT2D eigenvalue weighted by Crippen LogP contribution is -1.99. The highest BCUT2D eigenvalue weighted by Gasteiger charge is 2.12. The largest absolute Gasteiger partial charge is 0.508 e. The third-order valence-electron chi connectivity index (χ3n) is 2.56. The van der Waals surface area contributed by atoms with Crippen LogP contribution in [0, 0.1) is 6.92 Å². The van der Waals surface area contributed by atoms with Crippen molar-refractivity contribution in [2.75, 3.05) is 0 Å². The molecule has 0 aliphatic carbocycles. The minimum Gasteiger partial charge on any atom is -0.508 e. The summed E-state index contributed by atoms with van der Waals surface area (Å²) in [5.41, 5.74) is 2.61. The Morgan fingerprint density at radius 3 is 2.53 bits per heavy atom. The van der Waals surface area contributed by atoms with Gasteiger partial charge in [0.2, 0.25) is 0 Å². The van der Waals surface area contributed by atoms with Gasteiger partial charge in [-0.25, -0.2) is 4.79 Å². The third kappa shape index (κ3) is 2.28. The van der Waals surface area contributed by atoms with Crippen LogP contribution in [-0.4, -0.2) is 16.2 Å². The summed E-state index contributed by atoms with van der Waals surface area (Å²) in [6.07, 6.45) is 0. The van der Waals surface area contributed by atoms with Gasteiger partial charge in [-0.05, 0) is 36.2 Å². The molecule has 3 nitrogen and oxygen atoms in total. The molecule has 0 aromatic heterocycles. The zero-order chi connectivity index (χ0) is 12.4. The predicted octanol–water partition coefficient (Wildman–Crippen LogP) is 3.07. The molecule has 86 valence electrons. The van der Waals surface area contributed by atoms with Crippen molar-refractivity contribution in [2.45, 2.75) is 6.92 Å². The van der Waals surface area contributed by atoms with E-state index in [1.807, 2.05) is 31.2 Å². The molecule has 0 unspecified atom stereocenters. The van der Waals surface area contributed by atoms with Crippen LogP contribution in [-0.2, 0) is 0 Å². The molecule has 0 aliphatic rings. The summed E-state index contributed by atoms with van der Waals surface area (Å²) in [7, 11) is 0. The van der Waals surface area contributed by atoms with Crippen molar-refractivity contribution in [1.82, 2.24) is 0 Å². The van der Waals surface area contributed by atoms with Gasteiger partial charge in [0, 0.05) is 0 Å². The quantitative estimate of drug-likeness (QED) is 0.830. The highest BCUT2D eigenvalue weighted by Crippen LogP contribution is 2.27. The third-order valence-corrected chi connectivity index (χ3v) is 2.56. The molecule has 0 fully saturated rings. The van der Waals surface area contributed by atoms with Crippen LogP contribution in [0.3, 0.4) is 0 Å². The van der Waals surface area contributed by atoms with Gasteiger partial charge in [-0.15, -0.1) is 0 Å². The van der Waals surface area contributed by atoms with Crippen molar-refractivity contribution in [1.29, 1.82) is 0 Å². The number of carboxylic acid groups (broad SMARTS) is 1. The first-order valence-electron chi connectivity index (χ1n) is 5.21. The fourth-order valence-electron chi connectivity index (χ4n) is 1.77. The summed E-state index contributed by atoms with van der Waals surface area (Å²) in [5.74, 6) is -1.09. The van der Waals surface area contributed by atoms with E-state index in [4.69, 9.17) is 5.11 Å². The fourth-order valence-corrected chi connectivity index (χ4v) is 1.77. The van der Waals surface area contributed by atoms with Crippen molar-refractivity contribution >= 4 is 5.97 Å². The van der Waals surface area contributed by atoms with Crippen molar-refractivity contribution in [3.05, 3.63) is 53.6 Å². The van der Waals surface area contributed by atoms with Gasteiger partial charge in [0.1, 0.15) is 5.75 Å². The summed E-state index contributed by atoms with van der Waals surface area (Å²) in [5, 5.41) is 18.4. The molecule has 0 saturated carbocycles. The molecule has 2 aromatic rings. The molecule has 0 spiro atoms. The van der Waals surface area contributed by atoms with Gasteiger partial charge in [-0.3, -0.25) is 0 Å². The van der Waals surface area contributed by atoms with Crippen LogP contribution in [0.25, 0.3) is 11.1 Å². The van der Waals surface area contributed by atoms with Gasteiger partial charge in [0.15, 0.2) is 0 Å². The van der Waals surface area contributed by atoms with Gasteiger partial charge in [0.05, 0.1) is 5.56 Å². The topological polar surface area (TPSA) is 57.5 Å². The molecule has 0 heterocycles. The maximum atomic E-state index is 11.1. The number of aromatic carboxylic acids is 1. The average molecular weight is 228 g/mol. The zero-order valence-electron chi connectivity index (χ0n) is 9.34. The first kappa shape index (κ1) is 11.2. The number of phenolic OH excluding ortho intramolecular Hbond substituents is 1. The Morgan fingerprint density at radius 2 is 1.88 bits per heavy atom. The lowest BCUT2D eigenvalue weighted by atomic mass is 9.98. The van der Waals surface area contributed by atoms with E-state index in [2.05, 4.69) is 0 Å². The highest BCUT2D eigenvalue weighted by atomic mass is 16.4. The Balaban J connectivity index is 2.63. The van der Waals surface area contributed by atoms with E-state index < -0.39 is 5.97 Å².